The summed E-state index contributed by atoms with van der Waals surface area (Å²) in [5.41, 5.74) is -0.224. The van der Waals surface area contributed by atoms with Gasteiger partial charge in [0, 0.05) is 20.5 Å². The van der Waals surface area contributed by atoms with Crippen LogP contribution < -0.4 is 0 Å². The largest absolute Gasteiger partial charge is 0.393 e. The van der Waals surface area contributed by atoms with Crippen LogP contribution in [0, 0.1) is 52.3 Å². The number of aliphatic hydroxyl groups excluding tert-OH is 3. The summed E-state index contributed by atoms with van der Waals surface area (Å²) in [6, 6.07) is 0. The molecule has 0 aromatic carbocycles. The molecule has 0 aromatic heterocycles. The molecule has 0 radical (unpaired) electrons. The number of nitrogens with zero attached hydrogens (tertiary/aromatic N) is 1. The molecule has 4 saturated carbocycles. The van der Waals surface area contributed by atoms with E-state index in [1.165, 1.54) is 14.1 Å². The molecule has 4 fully saturated rings. The number of hydrogen-bond acceptors (Lipinski definition) is 6. The molecular formula is C30H53NO6S. The number of ketones is 1. The highest BCUT2D eigenvalue weighted by Gasteiger charge is 2.67. The minimum absolute atomic E-state index is 0.0447. The first-order valence-electron chi connectivity index (χ1n) is 15.1. The Morgan fingerprint density at radius 1 is 1.03 bits per heavy atom. The van der Waals surface area contributed by atoms with Gasteiger partial charge < -0.3 is 15.3 Å². The summed E-state index contributed by atoms with van der Waals surface area (Å²) >= 11 is 0. The van der Waals surface area contributed by atoms with Gasteiger partial charge in [-0.25, -0.2) is 12.7 Å². The fourth-order valence-corrected chi connectivity index (χ4v) is 10.9. The van der Waals surface area contributed by atoms with Crippen LogP contribution >= 0.6 is 0 Å². The van der Waals surface area contributed by atoms with Gasteiger partial charge in [-0.3, -0.25) is 4.79 Å². The van der Waals surface area contributed by atoms with Crippen LogP contribution in [0.1, 0.15) is 91.9 Å². The van der Waals surface area contributed by atoms with E-state index in [0.717, 1.165) is 55.7 Å². The predicted octanol–water partition coefficient (Wildman–Crippen LogP) is 3.85. The lowest BCUT2D eigenvalue weighted by molar-refractivity contribution is -0.228. The SMILES string of the molecule is CC[C@H]1[C@@H](O)[C@@H]2[C@H](C[C@@H](O)[C@]3(C)[C@@H]([C@H](C)CCCC(=O)CS(=O)(=O)N(C)C)CC[C@@H]23)[C@@]2(C)CC[C@@H](O)C[C@@H]12. The van der Waals surface area contributed by atoms with Crippen molar-refractivity contribution in [3.8, 4) is 0 Å². The normalized spacial score (nSPS) is 45.8. The van der Waals surface area contributed by atoms with Crippen LogP contribution in [-0.4, -0.2) is 72.0 Å². The topological polar surface area (TPSA) is 115 Å². The number of fused-ring (bicyclic) bond motifs is 5. The van der Waals surface area contributed by atoms with Crippen LogP contribution in [0.25, 0.3) is 0 Å². The third-order valence-corrected chi connectivity index (χ3v) is 14.1. The zero-order valence-electron chi connectivity index (χ0n) is 24.5. The van der Waals surface area contributed by atoms with E-state index in [1.54, 1.807) is 0 Å². The molecule has 0 spiro atoms. The molecule has 0 heterocycles. The smallest absolute Gasteiger partial charge is 0.220 e. The Hall–Kier alpha value is -0.540. The lowest BCUT2D eigenvalue weighted by Crippen LogP contribution is -2.65. The number of hydrogen-bond donors (Lipinski definition) is 3. The van der Waals surface area contributed by atoms with Crippen molar-refractivity contribution in [2.45, 2.75) is 110 Å². The first-order chi connectivity index (χ1) is 17.7. The van der Waals surface area contributed by atoms with Crippen LogP contribution in [0.4, 0.5) is 0 Å². The first-order valence-corrected chi connectivity index (χ1v) is 16.7. The zero-order valence-corrected chi connectivity index (χ0v) is 25.3. The molecule has 38 heavy (non-hydrogen) atoms. The lowest BCUT2D eigenvalue weighted by atomic mass is 9.41. The third kappa shape index (κ3) is 5.03. The summed E-state index contributed by atoms with van der Waals surface area (Å²) in [5.74, 6) is 1.16. The van der Waals surface area contributed by atoms with E-state index in [1.807, 2.05) is 0 Å². The Labute approximate surface area is 230 Å². The second kappa shape index (κ2) is 11.0. The minimum Gasteiger partial charge on any atom is -0.393 e. The van der Waals surface area contributed by atoms with Crippen LogP contribution in [0.5, 0.6) is 0 Å². The second-order valence-electron chi connectivity index (χ2n) is 14.1. The van der Waals surface area contributed by atoms with Crippen molar-refractivity contribution in [1.82, 2.24) is 4.31 Å². The Morgan fingerprint density at radius 2 is 1.71 bits per heavy atom. The van der Waals surface area contributed by atoms with Gasteiger partial charge in [-0.15, -0.1) is 0 Å². The molecule has 7 nitrogen and oxygen atoms in total. The maximum Gasteiger partial charge on any atom is 0.220 e. The Balaban J connectivity index is 1.48. The van der Waals surface area contributed by atoms with Crippen molar-refractivity contribution in [2.75, 3.05) is 19.8 Å². The molecule has 4 aliphatic carbocycles. The highest BCUT2D eigenvalue weighted by Crippen LogP contribution is 2.69. The molecule has 220 valence electrons. The van der Waals surface area contributed by atoms with Gasteiger partial charge >= 0.3 is 0 Å². The molecule has 8 heteroatoms. The maximum atomic E-state index is 12.3. The molecule has 0 amide bonds. The molecule has 0 aromatic rings. The van der Waals surface area contributed by atoms with Crippen molar-refractivity contribution in [3.05, 3.63) is 0 Å². The van der Waals surface area contributed by atoms with Crippen LogP contribution in [0.3, 0.4) is 0 Å². The Kier molecular flexibility index (Phi) is 8.83. The molecule has 12 atom stereocenters. The number of carbonyl (C=O) groups excluding carboxylic acids is 1. The van der Waals surface area contributed by atoms with E-state index < -0.39 is 28.0 Å². The Bertz CT molecular complexity index is 970. The van der Waals surface area contributed by atoms with Crippen molar-refractivity contribution >= 4 is 15.8 Å². The Morgan fingerprint density at radius 3 is 2.34 bits per heavy atom. The van der Waals surface area contributed by atoms with E-state index >= 15 is 0 Å². The molecule has 0 unspecified atom stereocenters. The van der Waals surface area contributed by atoms with E-state index in [2.05, 4.69) is 27.7 Å². The van der Waals surface area contributed by atoms with Crippen molar-refractivity contribution in [2.24, 2.45) is 52.3 Å². The lowest BCUT2D eigenvalue weighted by Gasteiger charge is -2.65. The number of sulfonamides is 1. The molecule has 4 aliphatic rings. The van der Waals surface area contributed by atoms with Crippen molar-refractivity contribution in [1.29, 1.82) is 0 Å². The number of rotatable bonds is 9. The minimum atomic E-state index is -3.52. The summed E-state index contributed by atoms with van der Waals surface area (Å²) in [6.45, 7) is 9.04. The molecular weight excluding hydrogens is 502 g/mol. The van der Waals surface area contributed by atoms with Gasteiger partial charge in [-0.05, 0) is 97.2 Å². The molecule has 0 aliphatic heterocycles. The summed E-state index contributed by atoms with van der Waals surface area (Å²) in [7, 11) is -0.623. The van der Waals surface area contributed by atoms with Gasteiger partial charge in [0.1, 0.15) is 11.5 Å². The number of aliphatic hydroxyl groups is 3. The highest BCUT2D eigenvalue weighted by atomic mass is 32.2. The van der Waals surface area contributed by atoms with Crippen LogP contribution in [0.15, 0.2) is 0 Å². The van der Waals surface area contributed by atoms with Gasteiger partial charge in [-0.1, -0.05) is 40.5 Å². The molecule has 0 bridgehead atoms. The van der Waals surface area contributed by atoms with Crippen molar-refractivity contribution in [3.63, 3.8) is 0 Å². The summed E-state index contributed by atoms with van der Waals surface area (Å²) < 4.78 is 25.2. The number of carbonyl (C=O) groups is 1. The van der Waals surface area contributed by atoms with E-state index in [0.29, 0.717) is 24.2 Å². The molecule has 3 N–H and O–H groups in total. The van der Waals surface area contributed by atoms with E-state index in [4.69, 9.17) is 0 Å². The summed E-state index contributed by atoms with van der Waals surface area (Å²) in [4.78, 5) is 12.3. The predicted molar refractivity (Wildman–Crippen MR) is 149 cm³/mol. The first kappa shape index (κ1) is 30.4. The monoisotopic (exact) mass is 555 g/mol. The maximum absolute atomic E-state index is 12.3. The van der Waals surface area contributed by atoms with Gasteiger partial charge in [0.15, 0.2) is 0 Å². The van der Waals surface area contributed by atoms with Gasteiger partial charge in [0.2, 0.25) is 10.0 Å². The number of Topliss-reactive ketones (excluding diaryl/α,β-unsaturated/α-hetero) is 1. The second-order valence-corrected chi connectivity index (χ2v) is 16.3. The van der Waals surface area contributed by atoms with Crippen LogP contribution in [-0.2, 0) is 14.8 Å². The van der Waals surface area contributed by atoms with E-state index in [9.17, 15) is 28.5 Å². The van der Waals surface area contributed by atoms with Gasteiger partial charge in [0.05, 0.1) is 18.3 Å². The molecule has 0 saturated heterocycles. The third-order valence-electron chi connectivity index (χ3n) is 12.3. The fraction of sp³-hybridized carbons (Fsp3) is 0.967. The fourth-order valence-electron chi connectivity index (χ4n) is 10.1. The quantitative estimate of drug-likeness (QED) is 0.398. The average molecular weight is 556 g/mol. The molecule has 4 rings (SSSR count). The average Bonchev–Trinajstić information content (AvgIpc) is 3.19. The standard InChI is InChI=1S/C30H53NO6S/c1-7-21-24-15-19(32)13-14-29(24,3)25-16-26(34)30(4)22(11-12-23(30)27(25)28(21)35)18(2)9-8-10-20(33)17-38(36,37)31(5)6/h18-19,21-28,32,34-35H,7-17H2,1-6H3/t18-,19-,21-,22-,23+,24+,25+,26-,27+,28-,29+,30-/m1/s1. The van der Waals surface area contributed by atoms with Crippen LogP contribution in [0.2, 0.25) is 0 Å². The van der Waals surface area contributed by atoms with E-state index in [-0.39, 0.29) is 52.8 Å². The van der Waals surface area contributed by atoms with Gasteiger partial charge in [0.25, 0.3) is 0 Å². The summed E-state index contributed by atoms with van der Waals surface area (Å²) in [6.07, 6.45) is 6.88. The summed E-state index contributed by atoms with van der Waals surface area (Å²) in [5, 5.41) is 34.2. The van der Waals surface area contributed by atoms with Gasteiger partial charge in [-0.2, -0.15) is 0 Å². The highest BCUT2D eigenvalue weighted by molar-refractivity contribution is 7.89. The zero-order chi connectivity index (χ0) is 28.2. The van der Waals surface area contributed by atoms with Crippen molar-refractivity contribution < 1.29 is 28.5 Å².